The van der Waals surface area contributed by atoms with Crippen molar-refractivity contribution in [3.63, 3.8) is 0 Å². The van der Waals surface area contributed by atoms with Crippen molar-refractivity contribution in [2.24, 2.45) is 7.05 Å². The number of aliphatic hydroxyl groups is 1. The van der Waals surface area contributed by atoms with E-state index in [0.29, 0.717) is 11.4 Å². The highest BCUT2D eigenvalue weighted by Crippen LogP contribution is 2.20. The van der Waals surface area contributed by atoms with Gasteiger partial charge in [0.15, 0.2) is 17.2 Å². The minimum Gasteiger partial charge on any atom is -0.371 e. The molecule has 9 nitrogen and oxygen atoms in total. The predicted octanol–water partition coefficient (Wildman–Crippen LogP) is 0.785. The highest BCUT2D eigenvalue weighted by atomic mass is 16.3. The van der Waals surface area contributed by atoms with Gasteiger partial charge in [-0.2, -0.15) is 15.2 Å². The molecule has 0 amide bonds. The molecule has 1 atom stereocenters. The Morgan fingerprint density at radius 1 is 1.22 bits per heavy atom. The fourth-order valence-corrected chi connectivity index (χ4v) is 2.57. The van der Waals surface area contributed by atoms with Crippen LogP contribution in [-0.4, -0.2) is 39.6 Å². The first-order valence-corrected chi connectivity index (χ1v) is 8.11. The highest BCUT2D eigenvalue weighted by Gasteiger charge is 2.24. The molecule has 3 aromatic heterocycles. The van der Waals surface area contributed by atoms with Crippen LogP contribution in [-0.2, 0) is 12.6 Å². The lowest BCUT2D eigenvalue weighted by Gasteiger charge is -2.10. The molecule has 9 heteroatoms. The Kier molecular flexibility index (Phi) is 3.83. The zero-order valence-electron chi connectivity index (χ0n) is 14.7. The van der Waals surface area contributed by atoms with E-state index >= 15 is 0 Å². The van der Waals surface area contributed by atoms with Crippen LogP contribution >= 0.6 is 0 Å². The van der Waals surface area contributed by atoms with E-state index in [4.69, 9.17) is 5.73 Å². The summed E-state index contributed by atoms with van der Waals surface area (Å²) in [6.07, 6.45) is 4.83. The van der Waals surface area contributed by atoms with Gasteiger partial charge in [-0.05, 0) is 25.1 Å². The first-order valence-electron chi connectivity index (χ1n) is 8.11. The van der Waals surface area contributed by atoms with Gasteiger partial charge in [-0.1, -0.05) is 11.8 Å². The molecule has 0 aliphatic rings. The van der Waals surface area contributed by atoms with E-state index in [-0.39, 0.29) is 11.8 Å². The van der Waals surface area contributed by atoms with E-state index in [1.807, 2.05) is 18.2 Å². The minimum absolute atomic E-state index is 0.172. The van der Waals surface area contributed by atoms with Crippen molar-refractivity contribution in [2.75, 3.05) is 5.73 Å². The van der Waals surface area contributed by atoms with Gasteiger partial charge in [0.05, 0.1) is 11.7 Å². The molecule has 0 fully saturated rings. The third-order valence-corrected chi connectivity index (χ3v) is 3.93. The zero-order valence-corrected chi connectivity index (χ0v) is 14.7. The number of aromatic nitrogens is 7. The number of hydrogen-bond donors (Lipinski definition) is 2. The van der Waals surface area contributed by atoms with Crippen molar-refractivity contribution in [3.8, 4) is 17.7 Å². The maximum Gasteiger partial charge on any atom is 0.221 e. The van der Waals surface area contributed by atoms with Crippen LogP contribution in [0.15, 0.2) is 43.0 Å². The molecule has 0 saturated carbocycles. The monoisotopic (exact) mass is 360 g/mol. The van der Waals surface area contributed by atoms with Crippen molar-refractivity contribution in [1.82, 2.24) is 34.5 Å². The second-order valence-electron chi connectivity index (χ2n) is 6.17. The van der Waals surface area contributed by atoms with Crippen molar-refractivity contribution in [2.45, 2.75) is 12.5 Å². The molecule has 134 valence electrons. The van der Waals surface area contributed by atoms with Gasteiger partial charge in [-0.3, -0.25) is 4.68 Å². The van der Waals surface area contributed by atoms with E-state index in [1.54, 1.807) is 37.1 Å². The van der Waals surface area contributed by atoms with Crippen LogP contribution in [0.25, 0.3) is 16.7 Å². The second kappa shape index (κ2) is 6.19. The standard InChI is InChI=1S/C18H16N8O/c1-18(27,16-21-11-25(2)24-16)7-5-12-3-4-13-10-22-26(14(13)9-12)15-6-8-20-17(19)23-15/h3-4,6,8-11,27H,1-2H3,(H2,19,20,23). The highest BCUT2D eigenvalue weighted by molar-refractivity contribution is 5.81. The molecule has 0 saturated heterocycles. The van der Waals surface area contributed by atoms with Gasteiger partial charge < -0.3 is 10.8 Å². The summed E-state index contributed by atoms with van der Waals surface area (Å²) in [5.41, 5.74) is 5.73. The number of rotatable bonds is 2. The van der Waals surface area contributed by atoms with Crippen molar-refractivity contribution in [3.05, 3.63) is 54.4 Å². The normalized spacial score (nSPS) is 13.1. The molecule has 4 rings (SSSR count). The van der Waals surface area contributed by atoms with Gasteiger partial charge in [0.25, 0.3) is 0 Å². The molecule has 3 N–H and O–H groups in total. The zero-order chi connectivity index (χ0) is 19.0. The van der Waals surface area contributed by atoms with Gasteiger partial charge in [-0.15, -0.1) is 0 Å². The number of fused-ring (bicyclic) bond motifs is 1. The smallest absolute Gasteiger partial charge is 0.221 e. The average Bonchev–Trinajstić information content (AvgIpc) is 3.26. The molecule has 1 aromatic carbocycles. The van der Waals surface area contributed by atoms with Crippen molar-refractivity contribution >= 4 is 16.9 Å². The Labute approximate surface area is 154 Å². The van der Waals surface area contributed by atoms with Crippen LogP contribution in [0.4, 0.5) is 5.95 Å². The molecule has 0 aliphatic heterocycles. The van der Waals surface area contributed by atoms with Gasteiger partial charge in [0.2, 0.25) is 5.95 Å². The summed E-state index contributed by atoms with van der Waals surface area (Å²) in [4.78, 5) is 12.2. The molecule has 0 spiro atoms. The average molecular weight is 360 g/mol. The van der Waals surface area contributed by atoms with E-state index in [0.717, 1.165) is 10.9 Å². The maximum absolute atomic E-state index is 10.5. The van der Waals surface area contributed by atoms with Crippen LogP contribution in [0.1, 0.15) is 18.3 Å². The third-order valence-electron chi connectivity index (χ3n) is 3.93. The Morgan fingerprint density at radius 2 is 2.07 bits per heavy atom. The number of hydrogen-bond acceptors (Lipinski definition) is 7. The maximum atomic E-state index is 10.5. The molecule has 0 radical (unpaired) electrons. The quantitative estimate of drug-likeness (QED) is 0.507. The van der Waals surface area contributed by atoms with Crippen LogP contribution in [0.3, 0.4) is 0 Å². The lowest BCUT2D eigenvalue weighted by molar-refractivity contribution is 0.112. The molecule has 0 aliphatic carbocycles. The molecule has 3 heterocycles. The predicted molar refractivity (Wildman–Crippen MR) is 98.5 cm³/mol. The summed E-state index contributed by atoms with van der Waals surface area (Å²) >= 11 is 0. The van der Waals surface area contributed by atoms with Crippen LogP contribution in [0.5, 0.6) is 0 Å². The van der Waals surface area contributed by atoms with Crippen molar-refractivity contribution < 1.29 is 5.11 Å². The largest absolute Gasteiger partial charge is 0.371 e. The van der Waals surface area contributed by atoms with Gasteiger partial charge >= 0.3 is 0 Å². The molecule has 0 bridgehead atoms. The van der Waals surface area contributed by atoms with Gasteiger partial charge in [-0.25, -0.2) is 14.6 Å². The number of benzene rings is 1. The second-order valence-corrected chi connectivity index (χ2v) is 6.17. The van der Waals surface area contributed by atoms with Crippen LogP contribution in [0.2, 0.25) is 0 Å². The fourth-order valence-electron chi connectivity index (χ4n) is 2.57. The Hall–Kier alpha value is -3.77. The Balaban J connectivity index is 1.73. The fraction of sp³-hybridized carbons (Fsp3) is 0.167. The number of aryl methyl sites for hydroxylation is 1. The SMILES string of the molecule is Cn1cnc(C(C)(O)C#Cc2ccc3cnn(-c4ccnc(N)n4)c3c2)n1. The van der Waals surface area contributed by atoms with Gasteiger partial charge in [0, 0.05) is 30.3 Å². The lowest BCUT2D eigenvalue weighted by atomic mass is 10.1. The van der Waals surface area contributed by atoms with Gasteiger partial charge in [0.1, 0.15) is 6.33 Å². The summed E-state index contributed by atoms with van der Waals surface area (Å²) in [5.74, 6) is 6.78. The minimum atomic E-state index is -1.46. The molecule has 1 unspecified atom stereocenters. The molecular formula is C18H16N8O. The summed E-state index contributed by atoms with van der Waals surface area (Å²) < 4.78 is 3.18. The molecule has 27 heavy (non-hydrogen) atoms. The van der Waals surface area contributed by atoms with Crippen molar-refractivity contribution in [1.29, 1.82) is 0 Å². The summed E-state index contributed by atoms with van der Waals surface area (Å²) in [5, 5.41) is 19.9. The van der Waals surface area contributed by atoms with E-state index in [1.165, 1.54) is 11.0 Å². The van der Waals surface area contributed by atoms with E-state index in [9.17, 15) is 5.11 Å². The summed E-state index contributed by atoms with van der Waals surface area (Å²) in [7, 11) is 1.73. The Morgan fingerprint density at radius 3 is 2.81 bits per heavy atom. The van der Waals surface area contributed by atoms with Crippen LogP contribution < -0.4 is 5.73 Å². The van der Waals surface area contributed by atoms with E-state index in [2.05, 4.69) is 37.0 Å². The number of nitrogen functional groups attached to an aromatic ring is 1. The molecular weight excluding hydrogens is 344 g/mol. The topological polar surface area (TPSA) is 121 Å². The van der Waals surface area contributed by atoms with E-state index < -0.39 is 5.60 Å². The summed E-state index contributed by atoms with van der Waals surface area (Å²) in [6.45, 7) is 1.56. The first-order chi connectivity index (χ1) is 12.9. The van der Waals surface area contributed by atoms with Crippen LogP contribution in [0, 0.1) is 11.8 Å². The molecule has 4 aromatic rings. The third kappa shape index (κ3) is 3.21. The number of nitrogens with two attached hydrogens (primary N) is 1. The Bertz CT molecular complexity index is 1190. The summed E-state index contributed by atoms with van der Waals surface area (Å²) in [6, 6.07) is 7.35. The lowest BCUT2D eigenvalue weighted by Crippen LogP contribution is -2.21. The number of anilines is 1. The number of nitrogens with zero attached hydrogens (tertiary/aromatic N) is 7. The first kappa shape index (κ1) is 16.7.